The summed E-state index contributed by atoms with van der Waals surface area (Å²) in [5, 5.41) is 6.22. The number of aromatic nitrogens is 3. The van der Waals surface area contributed by atoms with Gasteiger partial charge in [0.05, 0.1) is 34.4 Å². The molecule has 0 radical (unpaired) electrons. The van der Waals surface area contributed by atoms with Crippen molar-refractivity contribution in [2.75, 3.05) is 6.61 Å². The monoisotopic (exact) mass is 461 g/mol. The highest BCUT2D eigenvalue weighted by Crippen LogP contribution is 2.45. The summed E-state index contributed by atoms with van der Waals surface area (Å²) in [6, 6.07) is 17.6. The molecule has 2 aromatic heterocycles. The minimum Gasteiger partial charge on any atom is -0.313 e. The van der Waals surface area contributed by atoms with E-state index in [1.165, 1.54) is 35.1 Å². The van der Waals surface area contributed by atoms with E-state index in [1.54, 1.807) is 24.3 Å². The minimum atomic E-state index is -3.71. The molecule has 2 aliphatic rings. The van der Waals surface area contributed by atoms with Gasteiger partial charge in [-0.15, -0.1) is 0 Å². The number of hydrogen-bond donors (Lipinski definition) is 0. The van der Waals surface area contributed by atoms with Crippen molar-refractivity contribution in [1.29, 1.82) is 0 Å². The lowest BCUT2D eigenvalue weighted by Gasteiger charge is -2.34. The zero-order chi connectivity index (χ0) is 22.6. The van der Waals surface area contributed by atoms with Crippen LogP contribution in [0, 0.1) is 12.8 Å². The van der Waals surface area contributed by atoms with Gasteiger partial charge < -0.3 is 4.57 Å². The third kappa shape index (κ3) is 3.89. The molecule has 6 nitrogen and oxygen atoms in total. The minimum absolute atomic E-state index is 0.216. The Bertz CT molecular complexity index is 1410. The van der Waals surface area contributed by atoms with Crippen LogP contribution in [0.4, 0.5) is 0 Å². The standard InChI is InChI=1S/C26H27N3O3S/c1-18-6-10-23(11-7-18)33(30,31)32-17-19-14-22(15-19)29-16-25(26(27-29)21-8-9-21)28-13-12-20-4-2-3-5-24(20)28/h2-7,10-13,16,19,21-22H,8-9,14-15,17H2,1H3. The summed E-state index contributed by atoms with van der Waals surface area (Å²) in [7, 11) is -3.71. The lowest BCUT2D eigenvalue weighted by atomic mass is 9.81. The third-order valence-electron chi connectivity index (χ3n) is 6.92. The summed E-state index contributed by atoms with van der Waals surface area (Å²) in [5.74, 6) is 0.765. The number of fused-ring (bicyclic) bond motifs is 1. The van der Waals surface area contributed by atoms with Crippen molar-refractivity contribution >= 4 is 21.0 Å². The van der Waals surface area contributed by atoms with Crippen molar-refractivity contribution in [3.8, 4) is 5.69 Å². The summed E-state index contributed by atoms with van der Waals surface area (Å²) < 4.78 is 34.6. The van der Waals surface area contributed by atoms with E-state index >= 15 is 0 Å². The van der Waals surface area contributed by atoms with Crippen LogP contribution in [0.5, 0.6) is 0 Å². The lowest BCUT2D eigenvalue weighted by Crippen LogP contribution is -2.31. The molecule has 2 heterocycles. The molecule has 170 valence electrons. The first-order valence-electron chi connectivity index (χ1n) is 11.6. The molecule has 2 aromatic carbocycles. The average Bonchev–Trinajstić information content (AvgIpc) is 3.39. The van der Waals surface area contributed by atoms with Crippen molar-refractivity contribution in [1.82, 2.24) is 14.3 Å². The van der Waals surface area contributed by atoms with Gasteiger partial charge in [-0.1, -0.05) is 35.9 Å². The highest BCUT2D eigenvalue weighted by Gasteiger charge is 2.36. The van der Waals surface area contributed by atoms with Crippen LogP contribution in [0.25, 0.3) is 16.6 Å². The molecule has 2 saturated carbocycles. The highest BCUT2D eigenvalue weighted by atomic mass is 32.2. The third-order valence-corrected chi connectivity index (χ3v) is 8.21. The van der Waals surface area contributed by atoms with Crippen LogP contribution in [0.3, 0.4) is 0 Å². The SMILES string of the molecule is Cc1ccc(S(=O)(=O)OCC2CC(n3cc(-n4ccc5ccccc54)c(C4CC4)n3)C2)cc1. The van der Waals surface area contributed by atoms with E-state index in [1.807, 2.05) is 6.92 Å². The van der Waals surface area contributed by atoms with Gasteiger partial charge in [-0.2, -0.15) is 13.5 Å². The molecule has 0 bridgehead atoms. The first-order valence-corrected chi connectivity index (χ1v) is 13.0. The van der Waals surface area contributed by atoms with Crippen LogP contribution in [-0.4, -0.2) is 29.4 Å². The molecule has 0 aliphatic heterocycles. The van der Waals surface area contributed by atoms with E-state index in [0.29, 0.717) is 5.92 Å². The van der Waals surface area contributed by atoms with Crippen molar-refractivity contribution in [3.05, 3.63) is 78.2 Å². The molecule has 0 amide bonds. The first kappa shape index (κ1) is 20.7. The average molecular weight is 462 g/mol. The fraction of sp³-hybridized carbons (Fsp3) is 0.346. The molecule has 0 saturated heterocycles. The Hall–Kier alpha value is -2.90. The number of aryl methyl sites for hydroxylation is 1. The molecule has 0 unspecified atom stereocenters. The van der Waals surface area contributed by atoms with Crippen molar-refractivity contribution in [2.45, 2.75) is 49.5 Å². The fourth-order valence-electron chi connectivity index (χ4n) is 4.72. The van der Waals surface area contributed by atoms with E-state index in [0.717, 1.165) is 18.4 Å². The van der Waals surface area contributed by atoms with Gasteiger partial charge in [0, 0.05) is 18.3 Å². The van der Waals surface area contributed by atoms with Gasteiger partial charge in [-0.25, -0.2) is 0 Å². The Morgan fingerprint density at radius 1 is 1.03 bits per heavy atom. The van der Waals surface area contributed by atoms with Gasteiger partial charge in [0.1, 0.15) is 0 Å². The zero-order valence-corrected chi connectivity index (χ0v) is 19.4. The van der Waals surface area contributed by atoms with E-state index in [-0.39, 0.29) is 23.5 Å². The van der Waals surface area contributed by atoms with Crippen molar-refractivity contribution in [2.24, 2.45) is 5.92 Å². The largest absolute Gasteiger partial charge is 0.313 e. The molecular weight excluding hydrogens is 434 g/mol. The van der Waals surface area contributed by atoms with Crippen LogP contribution in [0.1, 0.15) is 48.9 Å². The van der Waals surface area contributed by atoms with Crippen LogP contribution in [-0.2, 0) is 14.3 Å². The topological polar surface area (TPSA) is 66.1 Å². The van der Waals surface area contributed by atoms with E-state index < -0.39 is 10.1 Å². The van der Waals surface area contributed by atoms with Gasteiger partial charge in [0.25, 0.3) is 10.1 Å². The maximum atomic E-state index is 12.5. The smallest absolute Gasteiger partial charge is 0.296 e. The van der Waals surface area contributed by atoms with Gasteiger partial charge >= 0.3 is 0 Å². The molecular formula is C26H27N3O3S. The predicted molar refractivity (Wildman–Crippen MR) is 127 cm³/mol. The number of nitrogens with zero attached hydrogens (tertiary/aromatic N) is 3. The van der Waals surface area contributed by atoms with Gasteiger partial charge in [-0.05, 0) is 68.2 Å². The second-order valence-corrected chi connectivity index (χ2v) is 11.1. The number of hydrogen-bond acceptors (Lipinski definition) is 4. The Kier molecular flexibility index (Phi) is 4.92. The molecule has 2 aliphatic carbocycles. The summed E-state index contributed by atoms with van der Waals surface area (Å²) in [5.41, 5.74) is 4.56. The molecule has 4 aromatic rings. The molecule has 7 heteroatoms. The van der Waals surface area contributed by atoms with E-state index in [9.17, 15) is 8.42 Å². The van der Waals surface area contributed by atoms with E-state index in [2.05, 4.69) is 52.0 Å². The maximum Gasteiger partial charge on any atom is 0.296 e. The fourth-order valence-corrected chi connectivity index (χ4v) is 5.70. The molecule has 0 spiro atoms. The van der Waals surface area contributed by atoms with Crippen LogP contribution >= 0.6 is 0 Å². The maximum absolute atomic E-state index is 12.5. The molecule has 0 N–H and O–H groups in total. The molecule has 33 heavy (non-hydrogen) atoms. The number of para-hydroxylation sites is 1. The molecule has 0 atom stereocenters. The number of rotatable bonds is 7. The molecule has 6 rings (SSSR count). The van der Waals surface area contributed by atoms with Crippen LogP contribution < -0.4 is 0 Å². The summed E-state index contributed by atoms with van der Waals surface area (Å²) in [6.45, 7) is 2.15. The second-order valence-electron chi connectivity index (χ2n) is 9.44. The predicted octanol–water partition coefficient (Wildman–Crippen LogP) is 5.37. The summed E-state index contributed by atoms with van der Waals surface area (Å²) in [4.78, 5) is 0.216. The van der Waals surface area contributed by atoms with Crippen LogP contribution in [0.2, 0.25) is 0 Å². The highest BCUT2D eigenvalue weighted by molar-refractivity contribution is 7.86. The lowest BCUT2D eigenvalue weighted by molar-refractivity contribution is 0.120. The number of benzene rings is 2. The summed E-state index contributed by atoms with van der Waals surface area (Å²) in [6.07, 6.45) is 8.45. The quantitative estimate of drug-likeness (QED) is 0.347. The Labute approximate surface area is 193 Å². The van der Waals surface area contributed by atoms with Crippen molar-refractivity contribution in [3.63, 3.8) is 0 Å². The van der Waals surface area contributed by atoms with Crippen molar-refractivity contribution < 1.29 is 12.6 Å². The van der Waals surface area contributed by atoms with Crippen LogP contribution in [0.15, 0.2) is 71.9 Å². The van der Waals surface area contributed by atoms with Gasteiger partial charge in [0.2, 0.25) is 0 Å². The van der Waals surface area contributed by atoms with E-state index in [4.69, 9.17) is 9.28 Å². The molecule has 2 fully saturated rings. The Morgan fingerprint density at radius 3 is 2.55 bits per heavy atom. The second kappa shape index (κ2) is 7.85. The Balaban J connectivity index is 1.15. The van der Waals surface area contributed by atoms with Gasteiger partial charge in [0.15, 0.2) is 0 Å². The summed E-state index contributed by atoms with van der Waals surface area (Å²) >= 11 is 0. The normalized spacial score (nSPS) is 20.8. The zero-order valence-electron chi connectivity index (χ0n) is 18.6. The van der Waals surface area contributed by atoms with Gasteiger partial charge in [-0.3, -0.25) is 8.86 Å². The Morgan fingerprint density at radius 2 is 1.79 bits per heavy atom. The first-order chi connectivity index (χ1) is 16.0.